The fourth-order valence-electron chi connectivity index (χ4n) is 2.18. The molecule has 0 saturated carbocycles. The summed E-state index contributed by atoms with van der Waals surface area (Å²) in [5.74, 6) is 0.611. The van der Waals surface area contributed by atoms with Gasteiger partial charge in [-0.15, -0.1) is 0 Å². The number of hydrogen-bond acceptors (Lipinski definition) is 3. The number of ether oxygens (including phenoxy) is 1. The smallest absolute Gasteiger partial charge is 0.208 e. The van der Waals surface area contributed by atoms with Crippen LogP contribution in [0.1, 0.15) is 0 Å². The van der Waals surface area contributed by atoms with Gasteiger partial charge in [0.05, 0.1) is 16.9 Å². The summed E-state index contributed by atoms with van der Waals surface area (Å²) in [6.45, 7) is 0. The maximum Gasteiger partial charge on any atom is 0.208 e. The number of halogens is 1. The van der Waals surface area contributed by atoms with E-state index in [-0.39, 0.29) is 9.79 Å². The zero-order chi connectivity index (χ0) is 15.0. The van der Waals surface area contributed by atoms with Gasteiger partial charge >= 0.3 is 0 Å². The van der Waals surface area contributed by atoms with E-state index in [9.17, 15) is 8.42 Å². The van der Waals surface area contributed by atoms with E-state index in [1.165, 1.54) is 25.4 Å². The second-order valence-corrected chi connectivity index (χ2v) is 6.88. The molecular weight excluding hydrogens is 310 g/mol. The van der Waals surface area contributed by atoms with Crippen LogP contribution in [0.5, 0.6) is 5.75 Å². The Bertz CT molecular complexity index is 898. The Labute approximate surface area is 127 Å². The SMILES string of the molecule is COc1ccc(S(=O)(=O)c2c[nH]c3cc(Cl)ccc23)cc1. The van der Waals surface area contributed by atoms with E-state index < -0.39 is 9.84 Å². The van der Waals surface area contributed by atoms with Crippen LogP contribution in [0.25, 0.3) is 10.9 Å². The van der Waals surface area contributed by atoms with Crippen molar-refractivity contribution in [2.24, 2.45) is 0 Å². The lowest BCUT2D eigenvalue weighted by Gasteiger charge is -2.05. The Morgan fingerprint density at radius 2 is 1.81 bits per heavy atom. The highest BCUT2D eigenvalue weighted by atomic mass is 35.5. The number of hydrogen-bond donors (Lipinski definition) is 1. The minimum absolute atomic E-state index is 0.221. The van der Waals surface area contributed by atoms with E-state index in [4.69, 9.17) is 16.3 Å². The summed E-state index contributed by atoms with van der Waals surface area (Å²) in [5.41, 5.74) is 0.689. The topological polar surface area (TPSA) is 59.2 Å². The first-order valence-corrected chi connectivity index (χ1v) is 8.04. The van der Waals surface area contributed by atoms with Crippen LogP contribution >= 0.6 is 11.6 Å². The molecule has 0 atom stereocenters. The number of rotatable bonds is 3. The van der Waals surface area contributed by atoms with Crippen LogP contribution in [0.2, 0.25) is 5.02 Å². The Kier molecular flexibility index (Phi) is 3.39. The van der Waals surface area contributed by atoms with Crippen molar-refractivity contribution < 1.29 is 13.2 Å². The Balaban J connectivity index is 2.15. The van der Waals surface area contributed by atoms with Crippen LogP contribution in [-0.2, 0) is 9.84 Å². The van der Waals surface area contributed by atoms with Gasteiger partial charge in [0.2, 0.25) is 9.84 Å². The summed E-state index contributed by atoms with van der Waals surface area (Å²) in [4.78, 5) is 3.40. The number of aromatic amines is 1. The van der Waals surface area contributed by atoms with Crippen molar-refractivity contribution in [3.63, 3.8) is 0 Å². The molecule has 0 radical (unpaired) electrons. The molecule has 1 N–H and O–H groups in total. The number of aromatic nitrogens is 1. The maximum atomic E-state index is 12.7. The maximum absolute atomic E-state index is 12.7. The monoisotopic (exact) mass is 321 g/mol. The van der Waals surface area contributed by atoms with Crippen molar-refractivity contribution >= 4 is 32.3 Å². The molecule has 3 aromatic rings. The summed E-state index contributed by atoms with van der Waals surface area (Å²) in [7, 11) is -2.06. The predicted octanol–water partition coefficient (Wildman–Crippen LogP) is 3.66. The molecule has 0 aliphatic carbocycles. The highest BCUT2D eigenvalue weighted by Gasteiger charge is 2.21. The first-order valence-electron chi connectivity index (χ1n) is 6.18. The van der Waals surface area contributed by atoms with E-state index >= 15 is 0 Å². The summed E-state index contributed by atoms with van der Waals surface area (Å²) in [6.07, 6.45) is 1.49. The molecule has 0 aliphatic heterocycles. The van der Waals surface area contributed by atoms with Crippen molar-refractivity contribution in [1.29, 1.82) is 0 Å². The quantitative estimate of drug-likeness (QED) is 0.800. The third kappa shape index (κ3) is 2.39. The van der Waals surface area contributed by atoms with E-state index in [2.05, 4.69) is 4.98 Å². The molecule has 3 rings (SSSR count). The Morgan fingerprint density at radius 3 is 2.48 bits per heavy atom. The van der Waals surface area contributed by atoms with Gasteiger partial charge in [-0.1, -0.05) is 17.7 Å². The number of fused-ring (bicyclic) bond motifs is 1. The molecule has 0 spiro atoms. The van der Waals surface area contributed by atoms with Crippen LogP contribution in [0, 0.1) is 0 Å². The van der Waals surface area contributed by atoms with Gasteiger partial charge in [0.15, 0.2) is 0 Å². The van der Waals surface area contributed by atoms with Gasteiger partial charge in [-0.3, -0.25) is 0 Å². The standard InChI is InChI=1S/C15H12ClNO3S/c1-20-11-3-5-12(6-4-11)21(18,19)15-9-17-14-8-10(16)2-7-13(14)15/h2-9,17H,1H3. The second-order valence-electron chi connectivity index (χ2n) is 4.52. The molecule has 1 aromatic heterocycles. The Hall–Kier alpha value is -1.98. The highest BCUT2D eigenvalue weighted by Crippen LogP contribution is 2.30. The molecule has 4 nitrogen and oxygen atoms in total. The van der Waals surface area contributed by atoms with Crippen LogP contribution in [0.3, 0.4) is 0 Å². The number of sulfone groups is 1. The average Bonchev–Trinajstić information content (AvgIpc) is 2.91. The lowest BCUT2D eigenvalue weighted by atomic mass is 10.2. The lowest BCUT2D eigenvalue weighted by Crippen LogP contribution is -2.01. The van der Waals surface area contributed by atoms with Gasteiger partial charge in [-0.2, -0.15) is 0 Å². The molecule has 1 heterocycles. The van der Waals surface area contributed by atoms with Crippen molar-refractivity contribution in [1.82, 2.24) is 4.98 Å². The van der Waals surface area contributed by atoms with Crippen LogP contribution in [0.4, 0.5) is 0 Å². The minimum Gasteiger partial charge on any atom is -0.497 e. The van der Waals surface area contributed by atoms with Gasteiger partial charge < -0.3 is 9.72 Å². The summed E-state index contributed by atoms with van der Waals surface area (Å²) in [6, 6.07) is 11.4. The number of H-pyrrole nitrogens is 1. The molecule has 6 heteroatoms. The fraction of sp³-hybridized carbons (Fsp3) is 0.0667. The first kappa shape index (κ1) is 14.0. The van der Waals surface area contributed by atoms with Crippen molar-refractivity contribution in [2.45, 2.75) is 9.79 Å². The molecule has 0 saturated heterocycles. The highest BCUT2D eigenvalue weighted by molar-refractivity contribution is 7.91. The predicted molar refractivity (Wildman–Crippen MR) is 81.8 cm³/mol. The van der Waals surface area contributed by atoms with Crippen molar-refractivity contribution in [3.8, 4) is 5.75 Å². The van der Waals surface area contributed by atoms with Gasteiger partial charge in [0.25, 0.3) is 0 Å². The van der Waals surface area contributed by atoms with Crippen LogP contribution < -0.4 is 4.74 Å². The zero-order valence-electron chi connectivity index (χ0n) is 11.1. The van der Waals surface area contributed by atoms with Gasteiger partial charge in [0.1, 0.15) is 5.75 Å². The summed E-state index contributed by atoms with van der Waals surface area (Å²) < 4.78 is 30.4. The fourth-order valence-corrected chi connectivity index (χ4v) is 3.78. The number of nitrogens with one attached hydrogen (secondary N) is 1. The average molecular weight is 322 g/mol. The molecule has 0 fully saturated rings. The zero-order valence-corrected chi connectivity index (χ0v) is 12.7. The van der Waals surface area contributed by atoms with E-state index in [1.54, 1.807) is 30.3 Å². The van der Waals surface area contributed by atoms with E-state index in [1.807, 2.05) is 0 Å². The molecule has 0 amide bonds. The normalized spacial score (nSPS) is 11.7. The molecule has 21 heavy (non-hydrogen) atoms. The van der Waals surface area contributed by atoms with E-state index in [0.717, 1.165) is 0 Å². The third-order valence-electron chi connectivity index (χ3n) is 3.27. The molecule has 0 bridgehead atoms. The molecular formula is C15H12ClNO3S. The van der Waals surface area contributed by atoms with Crippen LogP contribution in [0.15, 0.2) is 58.5 Å². The first-order chi connectivity index (χ1) is 10.0. The summed E-state index contributed by atoms with van der Waals surface area (Å²) in [5, 5.41) is 1.17. The molecule has 108 valence electrons. The summed E-state index contributed by atoms with van der Waals surface area (Å²) >= 11 is 5.91. The van der Waals surface area contributed by atoms with E-state index in [0.29, 0.717) is 21.7 Å². The molecule has 0 aliphatic rings. The van der Waals surface area contributed by atoms with Crippen LogP contribution in [-0.4, -0.2) is 20.5 Å². The largest absolute Gasteiger partial charge is 0.497 e. The van der Waals surface area contributed by atoms with Crippen molar-refractivity contribution in [2.75, 3.05) is 7.11 Å². The number of methoxy groups -OCH3 is 1. The second kappa shape index (κ2) is 5.09. The minimum atomic E-state index is -3.59. The third-order valence-corrected chi connectivity index (χ3v) is 5.31. The van der Waals surface area contributed by atoms with Gasteiger partial charge in [0, 0.05) is 22.1 Å². The Morgan fingerprint density at radius 1 is 1.10 bits per heavy atom. The van der Waals surface area contributed by atoms with Gasteiger partial charge in [-0.25, -0.2) is 8.42 Å². The van der Waals surface area contributed by atoms with Gasteiger partial charge in [-0.05, 0) is 36.4 Å². The number of benzene rings is 2. The molecule has 2 aromatic carbocycles. The molecule has 0 unspecified atom stereocenters. The van der Waals surface area contributed by atoms with Crippen molar-refractivity contribution in [3.05, 3.63) is 53.7 Å². The lowest BCUT2D eigenvalue weighted by molar-refractivity contribution is 0.414.